The fourth-order valence-electron chi connectivity index (χ4n) is 2.90. The Bertz CT molecular complexity index is 515. The van der Waals surface area contributed by atoms with Crippen LogP contribution in [0.4, 0.5) is 0 Å². The van der Waals surface area contributed by atoms with E-state index in [0.29, 0.717) is 30.0 Å². The van der Waals surface area contributed by atoms with Gasteiger partial charge in [-0.15, -0.1) is 0 Å². The Morgan fingerprint density at radius 3 is 2.74 bits per heavy atom. The molecule has 1 saturated heterocycles. The predicted octanol–water partition coefficient (Wildman–Crippen LogP) is 2.57. The van der Waals surface area contributed by atoms with E-state index in [0.717, 1.165) is 13.1 Å². The lowest BCUT2D eigenvalue weighted by molar-refractivity contribution is -0.123. The molecule has 2 heterocycles. The smallest absolute Gasteiger partial charge is 0.248 e. The Labute approximate surface area is 138 Å². The molecular weight excluding hydrogens is 292 g/mol. The van der Waals surface area contributed by atoms with Gasteiger partial charge in [0, 0.05) is 11.8 Å². The van der Waals surface area contributed by atoms with Crippen LogP contribution in [0.5, 0.6) is 0 Å². The molecular formula is C17H30N4O2. The van der Waals surface area contributed by atoms with E-state index in [1.165, 1.54) is 12.8 Å². The molecule has 2 rings (SSSR count). The van der Waals surface area contributed by atoms with E-state index in [2.05, 4.69) is 27.7 Å². The van der Waals surface area contributed by atoms with Crippen molar-refractivity contribution in [3.05, 3.63) is 11.7 Å². The molecule has 0 aromatic carbocycles. The molecule has 1 aromatic heterocycles. The first-order valence-electron chi connectivity index (χ1n) is 8.61. The summed E-state index contributed by atoms with van der Waals surface area (Å²) in [5, 5.41) is 10.4. The van der Waals surface area contributed by atoms with Crippen LogP contribution in [-0.4, -0.2) is 29.1 Å². The maximum atomic E-state index is 12.3. The van der Waals surface area contributed by atoms with Crippen molar-refractivity contribution in [1.82, 2.24) is 20.8 Å². The molecule has 1 fully saturated rings. The third-order valence-electron chi connectivity index (χ3n) is 4.51. The minimum atomic E-state index is -0.261. The minimum absolute atomic E-state index is 0.0473. The van der Waals surface area contributed by atoms with Crippen molar-refractivity contribution in [2.75, 3.05) is 13.1 Å². The summed E-state index contributed by atoms with van der Waals surface area (Å²) in [5.41, 5.74) is -0.159. The van der Waals surface area contributed by atoms with Gasteiger partial charge in [-0.25, -0.2) is 0 Å². The number of hydrogen-bond donors (Lipinski definition) is 2. The van der Waals surface area contributed by atoms with Gasteiger partial charge >= 0.3 is 0 Å². The first-order valence-corrected chi connectivity index (χ1v) is 8.61. The zero-order chi connectivity index (χ0) is 17.0. The molecule has 0 bridgehead atoms. The van der Waals surface area contributed by atoms with Crippen LogP contribution < -0.4 is 10.6 Å². The monoisotopic (exact) mass is 322 g/mol. The summed E-state index contributed by atoms with van der Waals surface area (Å²) in [6, 6.07) is -0.261. The Morgan fingerprint density at radius 2 is 2.17 bits per heavy atom. The normalized spacial score (nSPS) is 21.7. The van der Waals surface area contributed by atoms with Crippen molar-refractivity contribution < 1.29 is 9.32 Å². The number of hydrogen-bond acceptors (Lipinski definition) is 5. The maximum Gasteiger partial charge on any atom is 0.248 e. The first kappa shape index (κ1) is 17.9. The van der Waals surface area contributed by atoms with Gasteiger partial charge in [0.15, 0.2) is 5.82 Å². The fraction of sp³-hybridized carbons (Fsp3) is 0.824. The molecule has 2 N–H and O–H groups in total. The summed E-state index contributed by atoms with van der Waals surface area (Å²) >= 11 is 0. The molecule has 1 aromatic rings. The van der Waals surface area contributed by atoms with Crippen LogP contribution in [0.3, 0.4) is 0 Å². The number of rotatable bonds is 5. The molecule has 0 saturated carbocycles. The van der Waals surface area contributed by atoms with E-state index in [9.17, 15) is 4.79 Å². The van der Waals surface area contributed by atoms with E-state index in [1.807, 2.05) is 27.7 Å². The van der Waals surface area contributed by atoms with Crippen LogP contribution in [0, 0.1) is 11.8 Å². The Kier molecular flexibility index (Phi) is 5.79. The zero-order valence-electron chi connectivity index (χ0n) is 15.0. The van der Waals surface area contributed by atoms with Gasteiger partial charge in [-0.1, -0.05) is 32.9 Å². The molecule has 6 nitrogen and oxygen atoms in total. The molecule has 3 atom stereocenters. The summed E-state index contributed by atoms with van der Waals surface area (Å²) in [7, 11) is 0. The summed E-state index contributed by atoms with van der Waals surface area (Å²) in [5.74, 6) is 2.14. The molecule has 23 heavy (non-hydrogen) atoms. The topological polar surface area (TPSA) is 80.0 Å². The van der Waals surface area contributed by atoms with E-state index >= 15 is 0 Å². The van der Waals surface area contributed by atoms with Crippen molar-refractivity contribution in [1.29, 1.82) is 0 Å². The van der Waals surface area contributed by atoms with E-state index in [1.54, 1.807) is 0 Å². The average molecular weight is 322 g/mol. The number of aromatic nitrogens is 2. The maximum absolute atomic E-state index is 12.3. The van der Waals surface area contributed by atoms with E-state index in [4.69, 9.17) is 4.52 Å². The highest BCUT2D eigenvalue weighted by Crippen LogP contribution is 2.23. The Hall–Kier alpha value is -1.43. The molecule has 0 radical (unpaired) electrons. The minimum Gasteiger partial charge on any atom is -0.345 e. The van der Waals surface area contributed by atoms with Gasteiger partial charge in [-0.2, -0.15) is 4.98 Å². The standard InChI is InChI=1S/C17H30N4O2/c1-11(13-7-6-8-18-10-13)9-14(22)19-12(2)15-20-16(21-23-15)17(3,4)5/h11-13,18H,6-10H2,1-5H3,(H,19,22). The second-order valence-corrected chi connectivity index (χ2v) is 7.78. The molecule has 1 aliphatic rings. The largest absolute Gasteiger partial charge is 0.345 e. The van der Waals surface area contributed by atoms with Crippen molar-refractivity contribution in [2.45, 2.75) is 65.3 Å². The molecule has 130 valence electrons. The number of carbonyl (C=O) groups excluding carboxylic acids is 1. The van der Waals surface area contributed by atoms with Gasteiger partial charge in [0.2, 0.25) is 11.8 Å². The van der Waals surface area contributed by atoms with Crippen molar-refractivity contribution in [3.8, 4) is 0 Å². The van der Waals surface area contributed by atoms with E-state index in [-0.39, 0.29) is 17.4 Å². The van der Waals surface area contributed by atoms with Crippen LogP contribution in [0.2, 0.25) is 0 Å². The number of nitrogens with one attached hydrogen (secondary N) is 2. The van der Waals surface area contributed by atoms with Crippen molar-refractivity contribution in [3.63, 3.8) is 0 Å². The SMILES string of the molecule is CC(NC(=O)CC(C)C1CCCNC1)c1nc(C(C)(C)C)no1. The summed E-state index contributed by atoms with van der Waals surface area (Å²) < 4.78 is 5.29. The molecule has 1 aliphatic heterocycles. The van der Waals surface area contributed by atoms with Crippen LogP contribution in [0.15, 0.2) is 4.52 Å². The van der Waals surface area contributed by atoms with Gasteiger partial charge in [-0.05, 0) is 44.7 Å². The van der Waals surface area contributed by atoms with Gasteiger partial charge in [0.25, 0.3) is 0 Å². The van der Waals surface area contributed by atoms with Crippen LogP contribution in [0.1, 0.15) is 71.6 Å². The highest BCUT2D eigenvalue weighted by Gasteiger charge is 2.25. The molecule has 1 amide bonds. The fourth-order valence-corrected chi connectivity index (χ4v) is 2.90. The number of nitrogens with zero attached hydrogens (tertiary/aromatic N) is 2. The highest BCUT2D eigenvalue weighted by molar-refractivity contribution is 5.76. The molecule has 0 spiro atoms. The number of amides is 1. The highest BCUT2D eigenvalue weighted by atomic mass is 16.5. The Morgan fingerprint density at radius 1 is 1.43 bits per heavy atom. The average Bonchev–Trinajstić information content (AvgIpc) is 2.98. The van der Waals surface area contributed by atoms with Gasteiger partial charge in [0.05, 0.1) is 0 Å². The van der Waals surface area contributed by atoms with Gasteiger partial charge in [0.1, 0.15) is 6.04 Å². The number of carbonyl (C=O) groups is 1. The van der Waals surface area contributed by atoms with Crippen LogP contribution in [0.25, 0.3) is 0 Å². The van der Waals surface area contributed by atoms with Crippen LogP contribution >= 0.6 is 0 Å². The lowest BCUT2D eigenvalue weighted by Crippen LogP contribution is -2.36. The summed E-state index contributed by atoms with van der Waals surface area (Å²) in [6.45, 7) is 12.2. The van der Waals surface area contributed by atoms with Gasteiger partial charge in [-0.3, -0.25) is 4.79 Å². The quantitative estimate of drug-likeness (QED) is 0.871. The van der Waals surface area contributed by atoms with Crippen molar-refractivity contribution >= 4 is 5.91 Å². The Balaban J connectivity index is 1.85. The predicted molar refractivity (Wildman–Crippen MR) is 88.9 cm³/mol. The molecule has 3 unspecified atom stereocenters. The van der Waals surface area contributed by atoms with Crippen LogP contribution in [-0.2, 0) is 10.2 Å². The van der Waals surface area contributed by atoms with Gasteiger partial charge < -0.3 is 15.2 Å². The summed E-state index contributed by atoms with van der Waals surface area (Å²) in [6.07, 6.45) is 2.94. The third kappa shape index (κ3) is 5.03. The van der Waals surface area contributed by atoms with Crippen molar-refractivity contribution in [2.24, 2.45) is 11.8 Å². The lowest BCUT2D eigenvalue weighted by atomic mass is 9.85. The third-order valence-corrected chi connectivity index (χ3v) is 4.51. The molecule has 0 aliphatic carbocycles. The molecule has 6 heteroatoms. The van der Waals surface area contributed by atoms with E-state index < -0.39 is 0 Å². The lowest BCUT2D eigenvalue weighted by Gasteiger charge is -2.28. The number of piperidine rings is 1. The zero-order valence-corrected chi connectivity index (χ0v) is 15.0. The second kappa shape index (κ2) is 7.43. The summed E-state index contributed by atoms with van der Waals surface area (Å²) in [4.78, 5) is 16.7. The first-order chi connectivity index (χ1) is 10.8. The second-order valence-electron chi connectivity index (χ2n) is 7.78.